The van der Waals surface area contributed by atoms with Crippen LogP contribution in [0.2, 0.25) is 0 Å². The highest BCUT2D eigenvalue weighted by Crippen LogP contribution is 2.27. The molecule has 0 saturated heterocycles. The van der Waals surface area contributed by atoms with Gasteiger partial charge >= 0.3 is 0 Å². The maximum Gasteiger partial charge on any atom is 0.135 e. The Hall–Kier alpha value is -2.82. The van der Waals surface area contributed by atoms with Gasteiger partial charge in [0.15, 0.2) is 0 Å². The molecule has 27 heavy (non-hydrogen) atoms. The lowest BCUT2D eigenvalue weighted by molar-refractivity contribution is 0.618. The SMILES string of the molecule is Cc1nc(Cc2ccc(F)cc2)nc(N2CCc3ccc(F)cc3C2)c1C. The third kappa shape index (κ3) is 3.68. The van der Waals surface area contributed by atoms with Crippen LogP contribution in [0.15, 0.2) is 42.5 Å². The highest BCUT2D eigenvalue weighted by atomic mass is 19.1. The summed E-state index contributed by atoms with van der Waals surface area (Å²) in [5.74, 6) is 1.15. The Morgan fingerprint density at radius 3 is 2.44 bits per heavy atom. The Bertz CT molecular complexity index is 984. The molecule has 0 radical (unpaired) electrons. The van der Waals surface area contributed by atoms with Crippen LogP contribution in [0.4, 0.5) is 14.6 Å². The molecule has 0 bridgehead atoms. The zero-order valence-corrected chi connectivity index (χ0v) is 15.5. The molecular formula is C22H21F2N3. The number of anilines is 1. The lowest BCUT2D eigenvalue weighted by Gasteiger charge is -2.31. The van der Waals surface area contributed by atoms with E-state index < -0.39 is 0 Å². The second kappa shape index (κ2) is 7.06. The molecule has 0 amide bonds. The lowest BCUT2D eigenvalue weighted by Crippen LogP contribution is -2.32. The fourth-order valence-corrected chi connectivity index (χ4v) is 3.55. The van der Waals surface area contributed by atoms with Gasteiger partial charge in [0.1, 0.15) is 23.3 Å². The van der Waals surface area contributed by atoms with E-state index in [1.165, 1.54) is 23.8 Å². The molecule has 0 N–H and O–H groups in total. The number of halogens is 2. The molecule has 3 aromatic rings. The fraction of sp³-hybridized carbons (Fsp3) is 0.273. The van der Waals surface area contributed by atoms with Crippen molar-refractivity contribution in [2.75, 3.05) is 11.4 Å². The van der Waals surface area contributed by atoms with Crippen molar-refractivity contribution in [3.05, 3.63) is 87.9 Å². The summed E-state index contributed by atoms with van der Waals surface area (Å²) in [6.07, 6.45) is 1.42. The zero-order chi connectivity index (χ0) is 19.0. The van der Waals surface area contributed by atoms with Gasteiger partial charge in [-0.2, -0.15) is 0 Å². The summed E-state index contributed by atoms with van der Waals surface area (Å²) < 4.78 is 26.8. The van der Waals surface area contributed by atoms with E-state index in [0.29, 0.717) is 18.8 Å². The summed E-state index contributed by atoms with van der Waals surface area (Å²) in [5.41, 5.74) is 5.15. The van der Waals surface area contributed by atoms with Gasteiger partial charge in [-0.15, -0.1) is 0 Å². The van der Waals surface area contributed by atoms with E-state index >= 15 is 0 Å². The number of benzene rings is 2. The Kier molecular flexibility index (Phi) is 4.60. The van der Waals surface area contributed by atoms with E-state index in [-0.39, 0.29) is 11.6 Å². The standard InChI is InChI=1S/C22H21F2N3/c1-14-15(2)25-21(11-16-3-6-19(23)7-4-16)26-22(14)27-10-9-17-5-8-20(24)12-18(17)13-27/h3-8,12H,9-11,13H2,1-2H3. The van der Waals surface area contributed by atoms with Gasteiger partial charge in [0.25, 0.3) is 0 Å². The second-order valence-corrected chi connectivity index (χ2v) is 7.06. The van der Waals surface area contributed by atoms with Crippen LogP contribution in [0.1, 0.15) is 33.8 Å². The van der Waals surface area contributed by atoms with Gasteiger partial charge in [-0.05, 0) is 61.2 Å². The van der Waals surface area contributed by atoms with Crippen LogP contribution in [-0.4, -0.2) is 16.5 Å². The van der Waals surface area contributed by atoms with E-state index in [4.69, 9.17) is 4.98 Å². The largest absolute Gasteiger partial charge is 0.352 e. The number of hydrogen-bond acceptors (Lipinski definition) is 3. The van der Waals surface area contributed by atoms with Gasteiger partial charge in [-0.25, -0.2) is 18.7 Å². The first-order chi connectivity index (χ1) is 13.0. The second-order valence-electron chi connectivity index (χ2n) is 7.06. The van der Waals surface area contributed by atoms with Crippen molar-refractivity contribution in [2.45, 2.75) is 33.2 Å². The minimum Gasteiger partial charge on any atom is -0.352 e. The monoisotopic (exact) mass is 365 g/mol. The van der Waals surface area contributed by atoms with Crippen LogP contribution < -0.4 is 4.90 Å². The Morgan fingerprint density at radius 1 is 0.926 bits per heavy atom. The fourth-order valence-electron chi connectivity index (χ4n) is 3.55. The first kappa shape index (κ1) is 17.6. The molecule has 0 spiro atoms. The van der Waals surface area contributed by atoms with Crippen LogP contribution in [0.3, 0.4) is 0 Å². The van der Waals surface area contributed by atoms with Gasteiger partial charge in [0, 0.05) is 30.8 Å². The first-order valence-corrected chi connectivity index (χ1v) is 9.10. The Balaban J connectivity index is 1.64. The summed E-state index contributed by atoms with van der Waals surface area (Å²) in [6.45, 7) is 5.48. The van der Waals surface area contributed by atoms with E-state index in [1.807, 2.05) is 19.9 Å². The van der Waals surface area contributed by atoms with Gasteiger partial charge in [0.05, 0.1) is 0 Å². The van der Waals surface area contributed by atoms with Crippen molar-refractivity contribution in [2.24, 2.45) is 0 Å². The summed E-state index contributed by atoms with van der Waals surface area (Å²) in [5, 5.41) is 0. The lowest BCUT2D eigenvalue weighted by atomic mass is 9.99. The van der Waals surface area contributed by atoms with Crippen LogP contribution in [0.25, 0.3) is 0 Å². The smallest absolute Gasteiger partial charge is 0.135 e. The van der Waals surface area contributed by atoms with E-state index in [2.05, 4.69) is 9.88 Å². The molecule has 0 saturated carbocycles. The summed E-state index contributed by atoms with van der Waals surface area (Å²) in [7, 11) is 0. The predicted octanol–water partition coefficient (Wildman–Crippen LogP) is 4.53. The van der Waals surface area contributed by atoms with E-state index in [9.17, 15) is 8.78 Å². The molecule has 2 aromatic carbocycles. The molecule has 3 nitrogen and oxygen atoms in total. The molecule has 1 aliphatic rings. The number of aromatic nitrogens is 2. The maximum atomic E-state index is 13.6. The van der Waals surface area contributed by atoms with Crippen LogP contribution >= 0.6 is 0 Å². The van der Waals surface area contributed by atoms with Crippen molar-refractivity contribution in [1.29, 1.82) is 0 Å². The number of rotatable bonds is 3. The Labute approximate surface area is 157 Å². The molecule has 138 valence electrons. The molecule has 2 heterocycles. The van der Waals surface area contributed by atoms with Crippen molar-refractivity contribution in [3.8, 4) is 0 Å². The molecule has 5 heteroatoms. The normalized spacial score (nSPS) is 13.6. The molecule has 1 aliphatic heterocycles. The van der Waals surface area contributed by atoms with Crippen molar-refractivity contribution in [1.82, 2.24) is 9.97 Å². The summed E-state index contributed by atoms with van der Waals surface area (Å²) in [4.78, 5) is 11.6. The average molecular weight is 365 g/mol. The topological polar surface area (TPSA) is 29.0 Å². The van der Waals surface area contributed by atoms with Gasteiger partial charge in [-0.1, -0.05) is 18.2 Å². The minimum atomic E-state index is -0.250. The predicted molar refractivity (Wildman–Crippen MR) is 102 cm³/mol. The summed E-state index contributed by atoms with van der Waals surface area (Å²) >= 11 is 0. The number of fused-ring (bicyclic) bond motifs is 1. The number of nitrogens with zero attached hydrogens (tertiary/aromatic N) is 3. The third-order valence-corrected chi connectivity index (χ3v) is 5.17. The molecule has 0 aliphatic carbocycles. The van der Waals surface area contributed by atoms with E-state index in [0.717, 1.165) is 41.2 Å². The number of hydrogen-bond donors (Lipinski definition) is 0. The van der Waals surface area contributed by atoms with Crippen LogP contribution in [-0.2, 0) is 19.4 Å². The van der Waals surface area contributed by atoms with Gasteiger partial charge < -0.3 is 4.90 Å². The molecule has 0 fully saturated rings. The van der Waals surface area contributed by atoms with Crippen molar-refractivity contribution >= 4 is 5.82 Å². The van der Waals surface area contributed by atoms with Gasteiger partial charge in [0.2, 0.25) is 0 Å². The molecule has 4 rings (SSSR count). The molecule has 0 atom stereocenters. The quantitative estimate of drug-likeness (QED) is 0.683. The Morgan fingerprint density at radius 2 is 1.67 bits per heavy atom. The first-order valence-electron chi connectivity index (χ1n) is 9.10. The van der Waals surface area contributed by atoms with Crippen LogP contribution in [0, 0.1) is 25.5 Å². The number of aryl methyl sites for hydroxylation is 1. The van der Waals surface area contributed by atoms with Gasteiger partial charge in [-0.3, -0.25) is 0 Å². The minimum absolute atomic E-state index is 0.205. The van der Waals surface area contributed by atoms with Crippen molar-refractivity contribution in [3.63, 3.8) is 0 Å². The van der Waals surface area contributed by atoms with E-state index in [1.54, 1.807) is 18.2 Å². The third-order valence-electron chi connectivity index (χ3n) is 5.17. The summed E-state index contributed by atoms with van der Waals surface area (Å²) in [6, 6.07) is 11.4. The zero-order valence-electron chi connectivity index (χ0n) is 15.5. The molecule has 1 aromatic heterocycles. The maximum absolute atomic E-state index is 13.6. The van der Waals surface area contributed by atoms with Crippen molar-refractivity contribution < 1.29 is 8.78 Å². The highest BCUT2D eigenvalue weighted by molar-refractivity contribution is 5.51. The highest BCUT2D eigenvalue weighted by Gasteiger charge is 2.21. The molecule has 0 unspecified atom stereocenters. The molecular weight excluding hydrogens is 344 g/mol. The van der Waals surface area contributed by atoms with Crippen LogP contribution in [0.5, 0.6) is 0 Å². The average Bonchev–Trinajstić information content (AvgIpc) is 2.66.